The normalized spacial score (nSPS) is 44.3. The number of nitrogens with one attached hydrogen (secondary N) is 1. The van der Waals surface area contributed by atoms with Crippen LogP contribution < -0.4 is 10.9 Å². The molecule has 4 saturated carbocycles. The molecule has 0 radical (unpaired) electrons. The zero-order valence-corrected chi connectivity index (χ0v) is 21.8. The van der Waals surface area contributed by atoms with Crippen LogP contribution in [0.1, 0.15) is 89.5 Å². The first-order chi connectivity index (χ1) is 17.2. The summed E-state index contributed by atoms with van der Waals surface area (Å²) in [5.74, 6) is 1.57. The van der Waals surface area contributed by atoms with E-state index in [-0.39, 0.29) is 34.6 Å². The molecule has 0 aromatic carbocycles. The van der Waals surface area contributed by atoms with Crippen LogP contribution in [0.5, 0.6) is 0 Å². The molecule has 5 fully saturated rings. The molecule has 0 bridgehead atoms. The highest BCUT2D eigenvalue weighted by atomic mass is 16.6. The van der Waals surface area contributed by atoms with Crippen molar-refractivity contribution in [2.75, 3.05) is 19.8 Å². The Hall–Kier alpha value is -1.86. The van der Waals surface area contributed by atoms with E-state index in [1.165, 1.54) is 6.07 Å². The van der Waals surface area contributed by atoms with Crippen molar-refractivity contribution < 1.29 is 19.1 Å². The van der Waals surface area contributed by atoms with Gasteiger partial charge in [0.05, 0.1) is 18.5 Å². The van der Waals surface area contributed by atoms with E-state index in [9.17, 15) is 14.7 Å². The summed E-state index contributed by atoms with van der Waals surface area (Å²) < 4.78 is 11.2. The molecule has 0 spiro atoms. The highest BCUT2D eigenvalue weighted by Crippen LogP contribution is 2.70. The first-order valence-electron chi connectivity index (χ1n) is 14.2. The van der Waals surface area contributed by atoms with E-state index in [1.54, 1.807) is 11.2 Å². The van der Waals surface area contributed by atoms with E-state index >= 15 is 0 Å². The molecule has 198 valence electrons. The lowest BCUT2D eigenvalue weighted by Crippen LogP contribution is -2.62. The minimum absolute atomic E-state index is 0.00888. The van der Waals surface area contributed by atoms with Crippen LogP contribution in [0, 0.1) is 28.6 Å². The lowest BCUT2D eigenvalue weighted by Gasteiger charge is -2.63. The van der Waals surface area contributed by atoms with E-state index < -0.39 is 5.60 Å². The Morgan fingerprint density at radius 3 is 2.72 bits per heavy atom. The van der Waals surface area contributed by atoms with E-state index in [0.29, 0.717) is 24.4 Å². The summed E-state index contributed by atoms with van der Waals surface area (Å²) in [5.41, 5.74) is 0.0354. The summed E-state index contributed by atoms with van der Waals surface area (Å²) in [6.07, 6.45) is 11.4. The predicted molar refractivity (Wildman–Crippen MR) is 135 cm³/mol. The number of ether oxygens (including phenoxy) is 1. The van der Waals surface area contributed by atoms with E-state index in [0.717, 1.165) is 82.9 Å². The second-order valence-electron chi connectivity index (χ2n) is 12.9. The van der Waals surface area contributed by atoms with Crippen LogP contribution >= 0.6 is 0 Å². The van der Waals surface area contributed by atoms with Crippen LogP contribution in [0.3, 0.4) is 0 Å². The topological polar surface area (TPSA) is 92.0 Å². The van der Waals surface area contributed by atoms with Gasteiger partial charge in [-0.3, -0.25) is 10.2 Å². The minimum Gasteiger partial charge on any atom is -0.446 e. The highest BCUT2D eigenvalue weighted by Gasteiger charge is 2.67. The van der Waals surface area contributed by atoms with E-state index in [1.807, 2.05) is 6.07 Å². The third-order valence-corrected chi connectivity index (χ3v) is 11.5. The Morgan fingerprint density at radius 2 is 1.97 bits per heavy atom. The molecule has 2 heterocycles. The number of carbonyl (C=O) groups excluding carboxylic acids is 1. The van der Waals surface area contributed by atoms with Crippen molar-refractivity contribution in [1.29, 1.82) is 0 Å². The fourth-order valence-corrected chi connectivity index (χ4v) is 9.46. The molecule has 6 rings (SSSR count). The van der Waals surface area contributed by atoms with Crippen molar-refractivity contribution in [3.05, 3.63) is 34.4 Å². The van der Waals surface area contributed by atoms with Gasteiger partial charge in [0, 0.05) is 18.0 Å². The maximum absolute atomic E-state index is 12.7. The van der Waals surface area contributed by atoms with Gasteiger partial charge < -0.3 is 14.3 Å². The van der Waals surface area contributed by atoms with E-state index in [4.69, 9.17) is 9.15 Å². The lowest BCUT2D eigenvalue weighted by atomic mass is 9.43. The van der Waals surface area contributed by atoms with Crippen molar-refractivity contribution in [3.63, 3.8) is 0 Å². The van der Waals surface area contributed by atoms with Crippen LogP contribution in [0.2, 0.25) is 0 Å². The molecule has 8 atom stereocenters. The Kier molecular flexibility index (Phi) is 6.03. The van der Waals surface area contributed by atoms with Gasteiger partial charge in [0.1, 0.15) is 6.10 Å². The summed E-state index contributed by atoms with van der Waals surface area (Å²) in [5, 5.41) is 15.7. The van der Waals surface area contributed by atoms with Gasteiger partial charge in [-0.15, -0.1) is 0 Å². The standard InChI is InChI=1S/C29H42N2O5/c1-27-11-8-21(36-26(33)31-15-3-14-30-18-31)16-20(27)5-6-24-23(27)9-12-28(2)22(10-13-29(24,28)34)19-4-7-25(32)35-17-19/h4,7,17,20-24,30,34H,3,5-6,8-16,18H2,1-2H3. The average Bonchev–Trinajstić information content (AvgIpc) is 3.16. The van der Waals surface area contributed by atoms with Gasteiger partial charge in [0.15, 0.2) is 0 Å². The van der Waals surface area contributed by atoms with Gasteiger partial charge in [-0.25, -0.2) is 9.59 Å². The molecule has 4 aliphatic carbocycles. The van der Waals surface area contributed by atoms with Crippen molar-refractivity contribution in [3.8, 4) is 0 Å². The molecule has 8 unspecified atom stereocenters. The Bertz CT molecular complexity index is 1030. The molecular formula is C29H42N2O5. The number of carbonyl (C=O) groups is 1. The largest absolute Gasteiger partial charge is 0.446 e. The molecule has 1 saturated heterocycles. The van der Waals surface area contributed by atoms with Gasteiger partial charge in [0.2, 0.25) is 0 Å². The summed E-state index contributed by atoms with van der Waals surface area (Å²) >= 11 is 0. The Balaban J connectivity index is 1.17. The predicted octanol–water partition coefficient (Wildman–Crippen LogP) is 4.64. The maximum Gasteiger partial charge on any atom is 0.411 e. The number of hydrogen-bond donors (Lipinski definition) is 2. The number of hydrogen-bond acceptors (Lipinski definition) is 6. The van der Waals surface area contributed by atoms with Gasteiger partial charge in [0.25, 0.3) is 0 Å². The molecule has 1 aromatic rings. The maximum atomic E-state index is 12.7. The SMILES string of the molecule is CC12CCC(OC(=O)N3CCCNC3)CC1CCC1C2CCC2(C)C(c3ccc(=O)oc3)CCC12O. The van der Waals surface area contributed by atoms with E-state index in [2.05, 4.69) is 19.2 Å². The summed E-state index contributed by atoms with van der Waals surface area (Å²) in [6, 6.07) is 3.42. The van der Waals surface area contributed by atoms with Crippen LogP contribution in [-0.2, 0) is 4.74 Å². The van der Waals surface area contributed by atoms with Gasteiger partial charge in [-0.1, -0.05) is 13.8 Å². The minimum atomic E-state index is -0.685. The first-order valence-corrected chi connectivity index (χ1v) is 14.2. The van der Waals surface area contributed by atoms with Crippen molar-refractivity contribution in [1.82, 2.24) is 10.2 Å². The van der Waals surface area contributed by atoms with Crippen molar-refractivity contribution in [2.45, 2.75) is 95.7 Å². The molecule has 36 heavy (non-hydrogen) atoms. The Morgan fingerprint density at radius 1 is 1.11 bits per heavy atom. The fourth-order valence-electron chi connectivity index (χ4n) is 9.46. The molecule has 2 N–H and O–H groups in total. The monoisotopic (exact) mass is 498 g/mol. The summed E-state index contributed by atoms with van der Waals surface area (Å²) in [6.45, 7) is 7.07. The Labute approximate surface area is 214 Å². The number of aliphatic hydroxyl groups is 1. The van der Waals surface area contributed by atoms with Crippen LogP contribution in [0.25, 0.3) is 0 Å². The van der Waals surface area contributed by atoms with Crippen molar-refractivity contribution in [2.24, 2.45) is 28.6 Å². The average molecular weight is 499 g/mol. The van der Waals surface area contributed by atoms with Crippen molar-refractivity contribution >= 4 is 6.09 Å². The van der Waals surface area contributed by atoms with Crippen LogP contribution in [0.15, 0.2) is 27.6 Å². The molecule has 7 heteroatoms. The van der Waals surface area contributed by atoms with Crippen LogP contribution in [-0.4, -0.2) is 47.6 Å². The third kappa shape index (κ3) is 3.67. The summed E-state index contributed by atoms with van der Waals surface area (Å²) in [4.78, 5) is 26.0. The zero-order chi connectivity index (χ0) is 25.1. The van der Waals surface area contributed by atoms with Gasteiger partial charge >= 0.3 is 11.7 Å². The number of rotatable bonds is 2. The number of amides is 1. The molecular weight excluding hydrogens is 456 g/mol. The number of nitrogens with zero attached hydrogens (tertiary/aromatic N) is 1. The quantitative estimate of drug-likeness (QED) is 0.617. The van der Waals surface area contributed by atoms with Gasteiger partial charge in [-0.2, -0.15) is 0 Å². The fraction of sp³-hybridized carbons (Fsp3) is 0.793. The highest BCUT2D eigenvalue weighted by molar-refractivity contribution is 5.67. The smallest absolute Gasteiger partial charge is 0.411 e. The number of fused-ring (bicyclic) bond motifs is 5. The molecule has 7 nitrogen and oxygen atoms in total. The van der Waals surface area contributed by atoms with Crippen LogP contribution in [0.4, 0.5) is 4.79 Å². The third-order valence-electron chi connectivity index (χ3n) is 11.5. The second-order valence-corrected chi connectivity index (χ2v) is 12.9. The second kappa shape index (κ2) is 8.87. The summed E-state index contributed by atoms with van der Waals surface area (Å²) in [7, 11) is 0. The first kappa shape index (κ1) is 24.5. The molecule has 5 aliphatic rings. The molecule has 1 amide bonds. The molecule has 1 aromatic heterocycles. The molecule has 1 aliphatic heterocycles. The zero-order valence-electron chi connectivity index (χ0n) is 21.8. The lowest BCUT2D eigenvalue weighted by molar-refractivity contribution is -0.205. The van der Waals surface area contributed by atoms with Gasteiger partial charge in [-0.05, 0) is 111 Å².